The molecule has 2 aliphatic heterocycles. The summed E-state index contributed by atoms with van der Waals surface area (Å²) in [4.78, 5) is 69.4. The number of cyclic esters (lactones) is 1. The van der Waals surface area contributed by atoms with E-state index in [0.29, 0.717) is 0 Å². The van der Waals surface area contributed by atoms with Crippen molar-refractivity contribution in [2.45, 2.75) is 25.2 Å². The number of carbonyl (C=O) groups excluding carboxylic acids is 5. The first-order valence-corrected chi connectivity index (χ1v) is 9.76. The first kappa shape index (κ1) is 21.4. The molecule has 30 heavy (non-hydrogen) atoms. The van der Waals surface area contributed by atoms with Gasteiger partial charge in [0.05, 0.1) is 0 Å². The summed E-state index contributed by atoms with van der Waals surface area (Å²) in [7, 11) is 1.20. The van der Waals surface area contributed by atoms with Crippen LogP contribution in [0.4, 0.5) is 9.93 Å². The molecule has 2 saturated heterocycles. The predicted octanol–water partition coefficient (Wildman–Crippen LogP) is -1.02. The molecule has 3 N–H and O–H groups in total. The molecule has 5 amide bonds. The lowest BCUT2D eigenvalue weighted by Crippen LogP contribution is -2.75. The van der Waals surface area contributed by atoms with Crippen molar-refractivity contribution < 1.29 is 33.5 Å². The second-order valence-corrected chi connectivity index (χ2v) is 7.11. The third-order valence-electron chi connectivity index (χ3n) is 4.02. The molecule has 3 heterocycles. The second-order valence-electron chi connectivity index (χ2n) is 5.98. The van der Waals surface area contributed by atoms with Gasteiger partial charge in [-0.15, -0.1) is 22.9 Å². The number of ether oxygens (including phenoxy) is 1. The fourth-order valence-electron chi connectivity index (χ4n) is 2.62. The van der Waals surface area contributed by atoms with Gasteiger partial charge in [0, 0.05) is 5.38 Å². The number of imide groups is 1. The van der Waals surface area contributed by atoms with Gasteiger partial charge in [0.15, 0.2) is 16.9 Å². The maximum Gasteiger partial charge on any atom is 0.419 e. The number of carbonyl (C=O) groups is 5. The van der Waals surface area contributed by atoms with Crippen molar-refractivity contribution in [1.29, 1.82) is 0 Å². The Labute approximate surface area is 177 Å². The monoisotopic (exact) mass is 458 g/mol. The molecule has 0 aromatic carbocycles. The summed E-state index contributed by atoms with van der Waals surface area (Å²) in [5, 5.41) is 12.4. The molecule has 2 fully saturated rings. The lowest BCUT2D eigenvalue weighted by atomic mass is 10.0. The average Bonchev–Trinajstić information content (AvgIpc) is 3.26. The van der Waals surface area contributed by atoms with Gasteiger partial charge in [-0.25, -0.2) is 14.7 Å². The van der Waals surface area contributed by atoms with E-state index in [1.54, 1.807) is 0 Å². The fourth-order valence-corrected chi connectivity index (χ4v) is 3.40. The second kappa shape index (κ2) is 8.62. The van der Waals surface area contributed by atoms with E-state index in [1.807, 2.05) is 0 Å². The first-order chi connectivity index (χ1) is 14.3. The number of anilines is 1. The largest absolute Gasteiger partial charge is 0.436 e. The third-order valence-corrected chi connectivity index (χ3v) is 5.03. The summed E-state index contributed by atoms with van der Waals surface area (Å²) in [5.74, 6) is -2.87. The van der Waals surface area contributed by atoms with E-state index in [4.69, 9.17) is 16.3 Å². The summed E-state index contributed by atoms with van der Waals surface area (Å²) in [5.41, 5.74) is -0.229. The van der Waals surface area contributed by atoms with Crippen molar-refractivity contribution in [1.82, 2.24) is 20.5 Å². The minimum atomic E-state index is -1.23. The number of alkyl halides is 1. The van der Waals surface area contributed by atoms with Crippen LogP contribution in [0.5, 0.6) is 0 Å². The number of aromatic nitrogens is 1. The molecule has 0 radical (unpaired) electrons. The lowest BCUT2D eigenvalue weighted by Gasteiger charge is -2.40. The molecule has 1 unspecified atom stereocenters. The van der Waals surface area contributed by atoms with E-state index in [2.05, 4.69) is 30.9 Å². The summed E-state index contributed by atoms with van der Waals surface area (Å²) >= 11 is 6.43. The summed E-state index contributed by atoms with van der Waals surface area (Å²) < 4.78 is 4.81. The Balaban J connectivity index is 1.74. The highest BCUT2D eigenvalue weighted by Crippen LogP contribution is 2.22. The molecule has 0 aliphatic carbocycles. The highest BCUT2D eigenvalue weighted by atomic mass is 35.5. The number of halogens is 1. The van der Waals surface area contributed by atoms with Crippen LogP contribution in [0.25, 0.3) is 0 Å². The number of thiazole rings is 1. The number of nitrogens with one attached hydrogen (secondary N) is 3. The van der Waals surface area contributed by atoms with Gasteiger partial charge in [-0.05, 0) is 6.92 Å². The molecule has 13 nitrogen and oxygen atoms in total. The number of hydrogen-bond donors (Lipinski definition) is 3. The smallest absolute Gasteiger partial charge is 0.419 e. The highest BCUT2D eigenvalue weighted by Gasteiger charge is 2.53. The zero-order chi connectivity index (χ0) is 22.0. The third kappa shape index (κ3) is 4.04. The van der Waals surface area contributed by atoms with Crippen LogP contribution in [0.1, 0.15) is 12.6 Å². The van der Waals surface area contributed by atoms with Gasteiger partial charge in [0.1, 0.15) is 30.9 Å². The zero-order valence-electron chi connectivity index (χ0n) is 15.5. The minimum Gasteiger partial charge on any atom is -0.436 e. The Morgan fingerprint density at radius 2 is 2.17 bits per heavy atom. The van der Waals surface area contributed by atoms with Gasteiger partial charge in [0.2, 0.25) is 11.8 Å². The van der Waals surface area contributed by atoms with Crippen molar-refractivity contribution >= 4 is 63.5 Å². The van der Waals surface area contributed by atoms with E-state index in [9.17, 15) is 24.0 Å². The Hall–Kier alpha value is -3.26. The van der Waals surface area contributed by atoms with Crippen molar-refractivity contribution in [3.05, 3.63) is 11.1 Å². The maximum absolute atomic E-state index is 12.7. The standard InChI is InChI=1S/C15H15ClN6O7S/c1-5-13(26)22(15(27)29-5)10-9(12(25)20-10)19-11(24)8(21-28-2)6-4-30-14(17-6)18-7(23)3-16/h4-5,9-10H,3H2,1-2H3,(H,19,24)(H,20,25)(H,17,18,23)/b21-8-/t5?,9-,10-/m0/s1. The lowest BCUT2D eigenvalue weighted by molar-refractivity contribution is -0.143. The van der Waals surface area contributed by atoms with E-state index in [0.717, 1.165) is 16.2 Å². The number of oxime groups is 1. The van der Waals surface area contributed by atoms with Crippen LogP contribution in [-0.2, 0) is 28.8 Å². The molecule has 160 valence electrons. The van der Waals surface area contributed by atoms with Crippen LogP contribution in [-0.4, -0.2) is 76.6 Å². The Bertz CT molecular complexity index is 950. The maximum atomic E-state index is 12.7. The minimum absolute atomic E-state index is 0.0609. The average molecular weight is 459 g/mol. The van der Waals surface area contributed by atoms with Crippen LogP contribution >= 0.6 is 22.9 Å². The molecule has 1 aromatic rings. The number of amides is 5. The summed E-state index contributed by atoms with van der Waals surface area (Å²) in [6, 6.07) is -1.23. The van der Waals surface area contributed by atoms with Gasteiger partial charge in [0.25, 0.3) is 11.8 Å². The quantitative estimate of drug-likeness (QED) is 0.202. The van der Waals surface area contributed by atoms with E-state index in [1.165, 1.54) is 19.4 Å². The van der Waals surface area contributed by atoms with Crippen LogP contribution in [0.3, 0.4) is 0 Å². The normalized spacial score (nSPS) is 23.4. The van der Waals surface area contributed by atoms with Crippen molar-refractivity contribution in [3.63, 3.8) is 0 Å². The molecule has 1 aromatic heterocycles. The number of hydrogen-bond acceptors (Lipinski definition) is 10. The van der Waals surface area contributed by atoms with Gasteiger partial charge < -0.3 is 25.5 Å². The van der Waals surface area contributed by atoms with E-state index in [-0.39, 0.29) is 22.4 Å². The number of nitrogens with zero attached hydrogens (tertiary/aromatic N) is 3. The highest BCUT2D eigenvalue weighted by molar-refractivity contribution is 7.14. The number of β-lactam (4-membered cyclic amide) rings is 1. The molecular formula is C15H15ClN6O7S. The molecule has 3 rings (SSSR count). The SMILES string of the molecule is CO/N=C(\C(=O)N[C@@H]1C(=O)N[C@H]1N1C(=O)OC(C)C1=O)c1csc(NC(=O)CCl)n1. The topological polar surface area (TPSA) is 168 Å². The molecule has 0 saturated carbocycles. The van der Waals surface area contributed by atoms with E-state index < -0.39 is 48.0 Å². The molecule has 3 atom stereocenters. The zero-order valence-corrected chi connectivity index (χ0v) is 17.1. The molecule has 0 bridgehead atoms. The Morgan fingerprint density at radius 3 is 2.73 bits per heavy atom. The van der Waals surface area contributed by atoms with Gasteiger partial charge >= 0.3 is 6.09 Å². The molecule has 0 spiro atoms. The van der Waals surface area contributed by atoms with E-state index >= 15 is 0 Å². The number of rotatable bonds is 7. The molecular weight excluding hydrogens is 444 g/mol. The first-order valence-electron chi connectivity index (χ1n) is 8.34. The summed E-state index contributed by atoms with van der Waals surface area (Å²) in [6.45, 7) is 1.39. The van der Waals surface area contributed by atoms with Crippen molar-refractivity contribution in [2.24, 2.45) is 5.16 Å². The predicted molar refractivity (Wildman–Crippen MR) is 102 cm³/mol. The van der Waals surface area contributed by atoms with Crippen molar-refractivity contribution in [2.75, 3.05) is 18.3 Å². The Kier molecular flexibility index (Phi) is 6.17. The van der Waals surface area contributed by atoms with Crippen LogP contribution in [0.15, 0.2) is 10.5 Å². The van der Waals surface area contributed by atoms with Crippen LogP contribution in [0, 0.1) is 0 Å². The van der Waals surface area contributed by atoms with Gasteiger partial charge in [-0.1, -0.05) is 5.16 Å². The van der Waals surface area contributed by atoms with Crippen LogP contribution in [0.2, 0.25) is 0 Å². The Morgan fingerprint density at radius 1 is 1.43 bits per heavy atom. The fraction of sp³-hybridized carbons (Fsp3) is 0.400. The summed E-state index contributed by atoms with van der Waals surface area (Å²) in [6.07, 6.45) is -3.03. The van der Waals surface area contributed by atoms with Crippen molar-refractivity contribution in [3.8, 4) is 0 Å². The van der Waals surface area contributed by atoms with Crippen LogP contribution < -0.4 is 16.0 Å². The molecule has 2 aliphatic rings. The van der Waals surface area contributed by atoms with Gasteiger partial charge in [-0.3, -0.25) is 19.2 Å². The molecule has 15 heteroatoms. The van der Waals surface area contributed by atoms with Gasteiger partial charge in [-0.2, -0.15) is 0 Å².